The molecule has 1 fully saturated rings. The third kappa shape index (κ3) is 2.17. The summed E-state index contributed by atoms with van der Waals surface area (Å²) < 4.78 is 2.30. The first-order valence-corrected chi connectivity index (χ1v) is 7.27. The second-order valence-corrected chi connectivity index (χ2v) is 5.34. The van der Waals surface area contributed by atoms with Crippen LogP contribution < -0.4 is 5.32 Å². The second kappa shape index (κ2) is 5.11. The molecule has 0 unspecified atom stereocenters. The standard InChI is InChI=1S/C16H14N6/c17-9-13-16(19-8-7-18-13)20-10-15-21-12-3-1-2-4-14(12)22(15)11-5-6-11/h1-4,7-8,11H,5-6,10H2,(H,19,20). The molecule has 4 rings (SSSR count). The molecule has 22 heavy (non-hydrogen) atoms. The number of anilines is 1. The molecule has 2 heterocycles. The molecule has 0 aliphatic heterocycles. The lowest BCUT2D eigenvalue weighted by Gasteiger charge is -2.09. The van der Waals surface area contributed by atoms with E-state index in [4.69, 9.17) is 10.2 Å². The van der Waals surface area contributed by atoms with E-state index in [2.05, 4.69) is 25.9 Å². The summed E-state index contributed by atoms with van der Waals surface area (Å²) in [5, 5.41) is 12.3. The molecule has 1 saturated carbocycles. The number of nitriles is 1. The van der Waals surface area contributed by atoms with Gasteiger partial charge in [0.1, 0.15) is 11.9 Å². The van der Waals surface area contributed by atoms with Crippen molar-refractivity contribution in [3.63, 3.8) is 0 Å². The Morgan fingerprint density at radius 1 is 1.23 bits per heavy atom. The van der Waals surface area contributed by atoms with Crippen LogP contribution in [-0.4, -0.2) is 19.5 Å². The van der Waals surface area contributed by atoms with E-state index in [1.807, 2.05) is 24.3 Å². The Labute approximate surface area is 127 Å². The van der Waals surface area contributed by atoms with Gasteiger partial charge in [-0.15, -0.1) is 0 Å². The Morgan fingerprint density at radius 2 is 2.05 bits per heavy atom. The van der Waals surface area contributed by atoms with E-state index in [1.165, 1.54) is 24.6 Å². The van der Waals surface area contributed by atoms with Gasteiger partial charge in [0.05, 0.1) is 17.6 Å². The molecule has 0 amide bonds. The number of rotatable bonds is 4. The maximum Gasteiger partial charge on any atom is 0.182 e. The van der Waals surface area contributed by atoms with Crippen molar-refractivity contribution in [2.45, 2.75) is 25.4 Å². The lowest BCUT2D eigenvalue weighted by Crippen LogP contribution is -2.10. The average Bonchev–Trinajstić information content (AvgIpc) is 3.33. The van der Waals surface area contributed by atoms with Gasteiger partial charge in [0.15, 0.2) is 11.5 Å². The van der Waals surface area contributed by atoms with Crippen LogP contribution in [0.15, 0.2) is 36.7 Å². The maximum absolute atomic E-state index is 9.07. The number of nitrogens with one attached hydrogen (secondary N) is 1. The number of para-hydroxylation sites is 2. The van der Waals surface area contributed by atoms with Gasteiger partial charge >= 0.3 is 0 Å². The molecule has 1 aliphatic carbocycles. The molecule has 1 aliphatic rings. The highest BCUT2D eigenvalue weighted by Gasteiger charge is 2.27. The van der Waals surface area contributed by atoms with Crippen molar-refractivity contribution in [2.75, 3.05) is 5.32 Å². The van der Waals surface area contributed by atoms with Crippen molar-refractivity contribution in [1.82, 2.24) is 19.5 Å². The minimum Gasteiger partial charge on any atom is -0.360 e. The van der Waals surface area contributed by atoms with Crippen LogP contribution in [0.4, 0.5) is 5.82 Å². The van der Waals surface area contributed by atoms with Crippen molar-refractivity contribution in [2.24, 2.45) is 0 Å². The fourth-order valence-electron chi connectivity index (χ4n) is 2.67. The van der Waals surface area contributed by atoms with Gasteiger partial charge in [-0.3, -0.25) is 0 Å². The number of benzene rings is 1. The van der Waals surface area contributed by atoms with Crippen LogP contribution in [0.25, 0.3) is 11.0 Å². The fourth-order valence-corrected chi connectivity index (χ4v) is 2.67. The van der Waals surface area contributed by atoms with E-state index in [9.17, 15) is 0 Å². The predicted molar refractivity (Wildman–Crippen MR) is 82.1 cm³/mol. The Balaban J connectivity index is 1.67. The highest BCUT2D eigenvalue weighted by atomic mass is 15.2. The smallest absolute Gasteiger partial charge is 0.182 e. The van der Waals surface area contributed by atoms with Crippen molar-refractivity contribution in [3.05, 3.63) is 48.2 Å². The summed E-state index contributed by atoms with van der Waals surface area (Å²) in [5.74, 6) is 1.47. The summed E-state index contributed by atoms with van der Waals surface area (Å²) in [6.45, 7) is 0.526. The number of nitrogens with zero attached hydrogens (tertiary/aromatic N) is 5. The van der Waals surface area contributed by atoms with Gasteiger partial charge in [-0.25, -0.2) is 15.0 Å². The van der Waals surface area contributed by atoms with Crippen LogP contribution in [0.5, 0.6) is 0 Å². The molecular weight excluding hydrogens is 276 g/mol. The van der Waals surface area contributed by atoms with E-state index in [0.29, 0.717) is 24.1 Å². The third-order valence-corrected chi connectivity index (χ3v) is 3.80. The normalized spacial score (nSPS) is 14.0. The molecule has 0 bridgehead atoms. The molecular formula is C16H14N6. The zero-order valence-corrected chi connectivity index (χ0v) is 11.9. The third-order valence-electron chi connectivity index (χ3n) is 3.80. The van der Waals surface area contributed by atoms with E-state index in [0.717, 1.165) is 11.3 Å². The van der Waals surface area contributed by atoms with Crippen molar-refractivity contribution in [3.8, 4) is 6.07 Å². The van der Waals surface area contributed by atoms with Crippen LogP contribution >= 0.6 is 0 Å². The predicted octanol–water partition coefficient (Wildman–Crippen LogP) is 2.64. The highest BCUT2D eigenvalue weighted by molar-refractivity contribution is 5.76. The minimum atomic E-state index is 0.302. The molecule has 1 aromatic carbocycles. The van der Waals surface area contributed by atoms with Crippen LogP contribution in [0.3, 0.4) is 0 Å². The van der Waals surface area contributed by atoms with Crippen molar-refractivity contribution >= 4 is 16.9 Å². The summed E-state index contributed by atoms with van der Waals surface area (Å²) in [4.78, 5) is 12.9. The molecule has 0 saturated heterocycles. The molecule has 0 radical (unpaired) electrons. The van der Waals surface area contributed by atoms with Gasteiger partial charge < -0.3 is 9.88 Å². The van der Waals surface area contributed by atoms with Crippen LogP contribution in [0.2, 0.25) is 0 Å². The van der Waals surface area contributed by atoms with E-state index in [1.54, 1.807) is 6.20 Å². The van der Waals surface area contributed by atoms with Crippen molar-refractivity contribution in [1.29, 1.82) is 5.26 Å². The first-order valence-electron chi connectivity index (χ1n) is 7.27. The summed E-state index contributed by atoms with van der Waals surface area (Å²) in [5.41, 5.74) is 2.48. The van der Waals surface area contributed by atoms with Crippen LogP contribution in [0, 0.1) is 11.3 Å². The molecule has 6 nitrogen and oxygen atoms in total. The molecule has 0 atom stereocenters. The van der Waals surface area contributed by atoms with Gasteiger partial charge in [-0.1, -0.05) is 12.1 Å². The SMILES string of the molecule is N#Cc1nccnc1NCc1nc2ccccc2n1C1CC1. The zero-order valence-electron chi connectivity index (χ0n) is 11.9. The minimum absolute atomic E-state index is 0.302. The quantitative estimate of drug-likeness (QED) is 0.799. The summed E-state index contributed by atoms with van der Waals surface area (Å²) >= 11 is 0. The lowest BCUT2D eigenvalue weighted by molar-refractivity contribution is 0.710. The van der Waals surface area contributed by atoms with Gasteiger partial charge in [-0.2, -0.15) is 5.26 Å². The Hall–Kier alpha value is -2.94. The van der Waals surface area contributed by atoms with E-state index < -0.39 is 0 Å². The monoisotopic (exact) mass is 290 g/mol. The Bertz CT molecular complexity index is 872. The van der Waals surface area contributed by atoms with Gasteiger partial charge in [0, 0.05) is 18.4 Å². The van der Waals surface area contributed by atoms with Crippen LogP contribution in [-0.2, 0) is 6.54 Å². The summed E-state index contributed by atoms with van der Waals surface area (Å²) in [7, 11) is 0. The topological polar surface area (TPSA) is 79.4 Å². The zero-order chi connectivity index (χ0) is 14.9. The average molecular weight is 290 g/mol. The molecule has 108 valence electrons. The molecule has 2 aromatic heterocycles. The molecule has 1 N–H and O–H groups in total. The van der Waals surface area contributed by atoms with Gasteiger partial charge in [0.25, 0.3) is 0 Å². The molecule has 6 heteroatoms. The van der Waals surface area contributed by atoms with Crippen LogP contribution in [0.1, 0.15) is 30.4 Å². The van der Waals surface area contributed by atoms with Crippen molar-refractivity contribution < 1.29 is 0 Å². The first kappa shape index (κ1) is 12.8. The fraction of sp³-hybridized carbons (Fsp3) is 0.250. The number of fused-ring (bicyclic) bond motifs is 1. The summed E-state index contributed by atoms with van der Waals surface area (Å²) in [6, 6.07) is 10.8. The lowest BCUT2D eigenvalue weighted by atomic mass is 10.3. The Morgan fingerprint density at radius 3 is 2.86 bits per heavy atom. The number of aromatic nitrogens is 4. The van der Waals surface area contributed by atoms with Gasteiger partial charge in [0.2, 0.25) is 0 Å². The number of hydrogen-bond acceptors (Lipinski definition) is 5. The largest absolute Gasteiger partial charge is 0.360 e. The van der Waals surface area contributed by atoms with Gasteiger partial charge in [-0.05, 0) is 25.0 Å². The number of hydrogen-bond donors (Lipinski definition) is 1. The summed E-state index contributed by atoms with van der Waals surface area (Å²) in [6.07, 6.45) is 5.49. The van der Waals surface area contributed by atoms with E-state index in [-0.39, 0.29) is 0 Å². The highest BCUT2D eigenvalue weighted by Crippen LogP contribution is 2.38. The molecule has 3 aromatic rings. The first-order chi connectivity index (χ1) is 10.9. The second-order valence-electron chi connectivity index (χ2n) is 5.34. The number of imidazole rings is 1. The van der Waals surface area contributed by atoms with E-state index >= 15 is 0 Å². The Kier molecular flexibility index (Phi) is 2.97. The molecule has 0 spiro atoms. The maximum atomic E-state index is 9.07.